The Hall–Kier alpha value is -4.74. The third-order valence-electron chi connectivity index (χ3n) is 5.41. The largest absolute Gasteiger partial charge is 0.508 e. The van der Waals surface area contributed by atoms with Crippen molar-refractivity contribution in [1.29, 1.82) is 0 Å². The van der Waals surface area contributed by atoms with E-state index in [-0.39, 0.29) is 29.7 Å². The molecule has 36 heavy (non-hydrogen) atoms. The number of carboxylic acids is 1. The number of carbonyl (C=O) groups is 2. The van der Waals surface area contributed by atoms with Gasteiger partial charge in [0.1, 0.15) is 11.4 Å². The highest BCUT2D eigenvalue weighted by Crippen LogP contribution is 2.21. The number of benzene rings is 2. The van der Waals surface area contributed by atoms with E-state index in [0.29, 0.717) is 22.9 Å². The lowest BCUT2D eigenvalue weighted by atomic mass is 10.0. The SMILES string of the molecule is COC[C@H](Cc1ccc(O)cc1)NC(=O)c1cc(C(=O)O)c2cc(C#Cc3cccnc3)ccc2n1. The summed E-state index contributed by atoms with van der Waals surface area (Å²) < 4.78 is 5.24. The number of ether oxygens (including phenoxy) is 1. The number of nitrogens with one attached hydrogen (secondary N) is 1. The lowest BCUT2D eigenvalue weighted by molar-refractivity contribution is 0.0699. The van der Waals surface area contributed by atoms with Crippen molar-refractivity contribution in [3.05, 3.63) is 101 Å². The van der Waals surface area contributed by atoms with Crippen LogP contribution in [0.25, 0.3) is 10.9 Å². The van der Waals surface area contributed by atoms with E-state index in [1.54, 1.807) is 60.9 Å². The zero-order chi connectivity index (χ0) is 25.5. The van der Waals surface area contributed by atoms with Crippen molar-refractivity contribution >= 4 is 22.8 Å². The molecule has 3 N–H and O–H groups in total. The van der Waals surface area contributed by atoms with Crippen LogP contribution in [0.4, 0.5) is 0 Å². The molecule has 0 spiro atoms. The Morgan fingerprint density at radius 2 is 1.83 bits per heavy atom. The van der Waals surface area contributed by atoms with Gasteiger partial charge in [-0.15, -0.1) is 0 Å². The smallest absolute Gasteiger partial charge is 0.336 e. The molecule has 2 aromatic heterocycles. The lowest BCUT2D eigenvalue weighted by Crippen LogP contribution is -2.40. The van der Waals surface area contributed by atoms with Gasteiger partial charge in [0, 0.05) is 36.0 Å². The van der Waals surface area contributed by atoms with Gasteiger partial charge in [0.2, 0.25) is 0 Å². The van der Waals surface area contributed by atoms with Gasteiger partial charge in [-0.25, -0.2) is 9.78 Å². The Morgan fingerprint density at radius 1 is 1.06 bits per heavy atom. The standard InChI is InChI=1S/C28H23N3O5/c1-36-17-21(13-18-6-9-22(32)10-7-18)30-27(33)26-15-24(28(34)35)23-14-19(8-11-25(23)31-26)4-5-20-3-2-12-29-16-20/h2-3,6-12,14-16,21,32H,13,17H2,1H3,(H,30,33)(H,34,35)/t21-/m0/s1. The predicted molar refractivity (Wildman–Crippen MR) is 134 cm³/mol. The number of hydrogen-bond donors (Lipinski definition) is 3. The highest BCUT2D eigenvalue weighted by atomic mass is 16.5. The summed E-state index contributed by atoms with van der Waals surface area (Å²) in [6.07, 6.45) is 3.75. The molecule has 180 valence electrons. The number of carboxylic acid groups (broad SMARTS) is 1. The van der Waals surface area contributed by atoms with E-state index >= 15 is 0 Å². The van der Waals surface area contributed by atoms with Crippen LogP contribution in [0.3, 0.4) is 0 Å². The van der Waals surface area contributed by atoms with Crippen molar-refractivity contribution in [2.75, 3.05) is 13.7 Å². The molecule has 8 heteroatoms. The van der Waals surface area contributed by atoms with Gasteiger partial charge in [-0.3, -0.25) is 9.78 Å². The number of phenols is 1. The second-order valence-corrected chi connectivity index (χ2v) is 8.08. The first-order chi connectivity index (χ1) is 17.4. The Labute approximate surface area is 207 Å². The molecule has 1 atom stereocenters. The first kappa shape index (κ1) is 24.4. The van der Waals surface area contributed by atoms with Crippen LogP contribution >= 0.6 is 0 Å². The maximum absolute atomic E-state index is 13.0. The van der Waals surface area contributed by atoms with E-state index in [2.05, 4.69) is 27.1 Å². The van der Waals surface area contributed by atoms with Crippen molar-refractivity contribution in [3.63, 3.8) is 0 Å². The highest BCUT2D eigenvalue weighted by Gasteiger charge is 2.19. The number of hydrogen-bond acceptors (Lipinski definition) is 6. The van der Waals surface area contributed by atoms with Crippen LogP contribution in [0.5, 0.6) is 5.75 Å². The Bertz CT molecular complexity index is 1460. The third-order valence-corrected chi connectivity index (χ3v) is 5.41. The predicted octanol–water partition coefficient (Wildman–Crippen LogP) is 3.42. The molecule has 4 rings (SSSR count). The van der Waals surface area contributed by atoms with Gasteiger partial charge in [0.25, 0.3) is 5.91 Å². The van der Waals surface area contributed by atoms with Crippen molar-refractivity contribution in [3.8, 4) is 17.6 Å². The number of fused-ring (bicyclic) bond motifs is 1. The van der Waals surface area contributed by atoms with Gasteiger partial charge in [-0.2, -0.15) is 0 Å². The van der Waals surface area contributed by atoms with Crippen molar-refractivity contribution in [1.82, 2.24) is 15.3 Å². The normalized spacial score (nSPS) is 11.4. The van der Waals surface area contributed by atoms with Gasteiger partial charge in [-0.05, 0) is 60.5 Å². The van der Waals surface area contributed by atoms with Gasteiger partial charge in [0.05, 0.1) is 23.7 Å². The fraction of sp³-hybridized carbons (Fsp3) is 0.143. The molecular weight excluding hydrogens is 458 g/mol. The molecule has 0 aliphatic heterocycles. The number of aromatic carboxylic acids is 1. The molecule has 4 aromatic rings. The molecular formula is C28H23N3O5. The number of pyridine rings is 2. The maximum Gasteiger partial charge on any atom is 0.336 e. The Kier molecular flexibility index (Phi) is 7.54. The topological polar surface area (TPSA) is 122 Å². The molecule has 0 aliphatic rings. The summed E-state index contributed by atoms with van der Waals surface area (Å²) in [5.41, 5.74) is 2.56. The Balaban J connectivity index is 1.61. The first-order valence-electron chi connectivity index (χ1n) is 11.1. The van der Waals surface area contributed by atoms with Crippen LogP contribution < -0.4 is 5.32 Å². The number of amides is 1. The maximum atomic E-state index is 13.0. The zero-order valence-electron chi connectivity index (χ0n) is 19.4. The molecule has 0 aliphatic carbocycles. The number of rotatable bonds is 7. The molecule has 0 bridgehead atoms. The number of carbonyl (C=O) groups excluding carboxylic acids is 1. The van der Waals surface area contributed by atoms with Crippen molar-refractivity contribution in [2.24, 2.45) is 0 Å². The van der Waals surface area contributed by atoms with Crippen LogP contribution in [-0.2, 0) is 11.2 Å². The fourth-order valence-corrected chi connectivity index (χ4v) is 3.71. The van der Waals surface area contributed by atoms with E-state index in [1.165, 1.54) is 13.2 Å². The minimum atomic E-state index is -1.17. The average molecular weight is 482 g/mol. The van der Waals surface area contributed by atoms with Crippen LogP contribution in [0.15, 0.2) is 73.1 Å². The zero-order valence-corrected chi connectivity index (χ0v) is 19.4. The van der Waals surface area contributed by atoms with Crippen molar-refractivity contribution in [2.45, 2.75) is 12.5 Å². The monoisotopic (exact) mass is 481 g/mol. The van der Waals surface area contributed by atoms with E-state index in [9.17, 15) is 19.8 Å². The third kappa shape index (κ3) is 6.03. The highest BCUT2D eigenvalue weighted by molar-refractivity contribution is 6.06. The second-order valence-electron chi connectivity index (χ2n) is 8.08. The summed E-state index contributed by atoms with van der Waals surface area (Å²) in [7, 11) is 1.53. The van der Waals surface area contributed by atoms with E-state index < -0.39 is 11.9 Å². The number of nitrogens with zero attached hydrogens (tertiary/aromatic N) is 2. The summed E-state index contributed by atoms with van der Waals surface area (Å²) in [5, 5.41) is 22.6. The first-order valence-corrected chi connectivity index (χ1v) is 11.1. The van der Waals surface area contributed by atoms with Crippen LogP contribution in [0.2, 0.25) is 0 Å². The summed E-state index contributed by atoms with van der Waals surface area (Å²) in [4.78, 5) is 33.5. The molecule has 8 nitrogen and oxygen atoms in total. The van der Waals surface area contributed by atoms with Gasteiger partial charge < -0.3 is 20.3 Å². The number of phenolic OH excluding ortho intramolecular Hbond substituents is 1. The molecule has 1 amide bonds. The number of aromatic nitrogens is 2. The van der Waals surface area contributed by atoms with E-state index in [0.717, 1.165) is 11.1 Å². The molecule has 0 radical (unpaired) electrons. The van der Waals surface area contributed by atoms with E-state index in [1.807, 2.05) is 6.07 Å². The summed E-state index contributed by atoms with van der Waals surface area (Å²) in [6.45, 7) is 0.241. The fourth-order valence-electron chi connectivity index (χ4n) is 3.71. The summed E-state index contributed by atoms with van der Waals surface area (Å²) in [6, 6.07) is 16.2. The van der Waals surface area contributed by atoms with Crippen LogP contribution in [-0.4, -0.2) is 51.8 Å². The van der Waals surface area contributed by atoms with Crippen LogP contribution in [0.1, 0.15) is 37.5 Å². The summed E-state index contributed by atoms with van der Waals surface area (Å²) in [5.74, 6) is 4.46. The molecule has 2 heterocycles. The van der Waals surface area contributed by atoms with Gasteiger partial charge in [-0.1, -0.05) is 24.0 Å². The summed E-state index contributed by atoms with van der Waals surface area (Å²) >= 11 is 0. The Morgan fingerprint density at radius 3 is 2.53 bits per heavy atom. The molecule has 0 saturated heterocycles. The van der Waals surface area contributed by atoms with Crippen molar-refractivity contribution < 1.29 is 24.5 Å². The lowest BCUT2D eigenvalue weighted by Gasteiger charge is -2.18. The minimum Gasteiger partial charge on any atom is -0.508 e. The molecule has 0 unspecified atom stereocenters. The van der Waals surface area contributed by atoms with Gasteiger partial charge in [0.15, 0.2) is 0 Å². The van der Waals surface area contributed by atoms with E-state index in [4.69, 9.17) is 4.74 Å². The quantitative estimate of drug-likeness (QED) is 0.346. The second kappa shape index (κ2) is 11.1. The van der Waals surface area contributed by atoms with Gasteiger partial charge >= 0.3 is 5.97 Å². The molecule has 0 fully saturated rings. The number of aromatic hydroxyl groups is 1. The minimum absolute atomic E-state index is 0.0131. The number of methoxy groups -OCH3 is 1. The molecule has 0 saturated carbocycles. The molecule has 2 aromatic carbocycles. The average Bonchev–Trinajstić information content (AvgIpc) is 2.88. The van der Waals surface area contributed by atoms with Crippen LogP contribution in [0, 0.1) is 11.8 Å².